The number of nitrogens with zero attached hydrogens (tertiary/aromatic N) is 2. The van der Waals surface area contributed by atoms with Crippen LogP contribution in [0.5, 0.6) is 0 Å². The van der Waals surface area contributed by atoms with Crippen molar-refractivity contribution in [2.75, 3.05) is 33.3 Å². The van der Waals surface area contributed by atoms with Gasteiger partial charge in [-0.25, -0.2) is 4.79 Å². The maximum absolute atomic E-state index is 13.4. The zero-order valence-electron chi connectivity index (χ0n) is 15.3. The van der Waals surface area contributed by atoms with Crippen LogP contribution in [0.25, 0.3) is 0 Å². The molecule has 1 heterocycles. The first-order chi connectivity index (χ1) is 11.2. The van der Waals surface area contributed by atoms with E-state index in [9.17, 15) is 9.59 Å². The summed E-state index contributed by atoms with van der Waals surface area (Å²) >= 11 is 0. The van der Waals surface area contributed by atoms with Gasteiger partial charge in [-0.15, -0.1) is 0 Å². The van der Waals surface area contributed by atoms with Gasteiger partial charge in [-0.1, -0.05) is 13.8 Å². The molecule has 2 unspecified atom stereocenters. The number of hydrogen-bond donors (Lipinski definition) is 0. The molecule has 0 spiro atoms. The fraction of sp³-hybridized carbons (Fsp3) is 0.895. The number of rotatable bonds is 4. The predicted molar refractivity (Wildman–Crippen MR) is 90.4 cm³/mol. The Kier molecular flexibility index (Phi) is 3.46. The molecule has 5 fully saturated rings. The van der Waals surface area contributed by atoms with Crippen LogP contribution in [0.4, 0.5) is 4.79 Å². The molecule has 1 saturated heterocycles. The third kappa shape index (κ3) is 2.51. The monoisotopic (exact) mass is 334 g/mol. The fourth-order valence-electron chi connectivity index (χ4n) is 7.09. The second kappa shape index (κ2) is 5.12. The summed E-state index contributed by atoms with van der Waals surface area (Å²) in [7, 11) is 1.91. The van der Waals surface area contributed by atoms with Crippen LogP contribution in [0.2, 0.25) is 0 Å². The molecule has 5 heteroatoms. The van der Waals surface area contributed by atoms with E-state index in [4.69, 9.17) is 4.74 Å². The van der Waals surface area contributed by atoms with Crippen molar-refractivity contribution in [2.45, 2.75) is 52.4 Å². The molecular formula is C19H30N2O3. The third-order valence-electron chi connectivity index (χ3n) is 6.98. The number of likely N-dealkylation sites (N-methyl/N-ethyl adjacent to an activating group) is 1. The Labute approximate surface area is 144 Å². The van der Waals surface area contributed by atoms with Gasteiger partial charge in [0.1, 0.15) is 6.61 Å². The molecule has 0 aromatic heterocycles. The normalized spacial score (nSPS) is 43.2. The van der Waals surface area contributed by atoms with Crippen molar-refractivity contribution >= 4 is 12.0 Å². The number of amides is 2. The molecule has 0 aromatic rings. The molecule has 134 valence electrons. The SMILES string of the molecule is CN(CCN1CCOC1=O)C(=O)C12CC3C[C@@](C)(C1)C[C@](C)(C3)C2. The maximum Gasteiger partial charge on any atom is 0.409 e. The number of hydrogen-bond acceptors (Lipinski definition) is 3. The first kappa shape index (κ1) is 16.2. The van der Waals surface area contributed by atoms with Gasteiger partial charge >= 0.3 is 6.09 Å². The molecule has 0 N–H and O–H groups in total. The minimum absolute atomic E-state index is 0.150. The van der Waals surface area contributed by atoms with Crippen molar-refractivity contribution in [2.24, 2.45) is 22.2 Å². The van der Waals surface area contributed by atoms with Gasteiger partial charge in [-0.2, -0.15) is 0 Å². The van der Waals surface area contributed by atoms with Gasteiger partial charge in [0.05, 0.1) is 12.0 Å². The zero-order chi connectivity index (χ0) is 17.2. The molecule has 24 heavy (non-hydrogen) atoms. The molecule has 1 aliphatic heterocycles. The van der Waals surface area contributed by atoms with Crippen LogP contribution < -0.4 is 0 Å². The summed E-state index contributed by atoms with van der Waals surface area (Å²) in [5.41, 5.74) is 0.552. The summed E-state index contributed by atoms with van der Waals surface area (Å²) in [6.45, 7) is 7.10. The van der Waals surface area contributed by atoms with Gasteiger partial charge in [0.25, 0.3) is 0 Å². The number of carbonyl (C=O) groups is 2. The van der Waals surface area contributed by atoms with E-state index >= 15 is 0 Å². The molecule has 4 bridgehead atoms. The second-order valence-electron chi connectivity index (χ2n) is 9.74. The predicted octanol–water partition coefficient (Wildman–Crippen LogP) is 2.89. The van der Waals surface area contributed by atoms with E-state index in [1.54, 1.807) is 4.90 Å². The smallest absolute Gasteiger partial charge is 0.409 e. The number of ether oxygens (including phenoxy) is 1. The largest absolute Gasteiger partial charge is 0.448 e. The van der Waals surface area contributed by atoms with Crippen LogP contribution >= 0.6 is 0 Å². The lowest BCUT2D eigenvalue weighted by atomic mass is 9.40. The Morgan fingerprint density at radius 2 is 1.88 bits per heavy atom. The molecular weight excluding hydrogens is 304 g/mol. The highest BCUT2D eigenvalue weighted by Crippen LogP contribution is 2.69. The van der Waals surface area contributed by atoms with E-state index in [0.29, 0.717) is 43.0 Å². The minimum atomic E-state index is -0.245. The fourth-order valence-corrected chi connectivity index (χ4v) is 7.09. The number of carbonyl (C=O) groups excluding carboxylic acids is 2. The summed E-state index contributed by atoms with van der Waals surface area (Å²) in [6, 6.07) is 0. The van der Waals surface area contributed by atoms with Gasteiger partial charge in [0, 0.05) is 20.1 Å². The highest BCUT2D eigenvalue weighted by Gasteiger charge is 2.63. The standard InChI is InChI=1S/C19H30N2O3/c1-17-8-14-9-18(2,11-17)13-19(10-14,12-17)15(22)20(3)4-5-21-6-7-24-16(21)23/h14H,4-13H2,1-3H3/t14?,17-,18+,19?. The maximum atomic E-state index is 13.4. The van der Waals surface area contributed by atoms with Crippen LogP contribution in [-0.2, 0) is 9.53 Å². The summed E-state index contributed by atoms with van der Waals surface area (Å²) in [5.74, 6) is 1.04. The van der Waals surface area contributed by atoms with Crippen molar-refractivity contribution in [1.82, 2.24) is 9.80 Å². The van der Waals surface area contributed by atoms with E-state index < -0.39 is 0 Å². The average Bonchev–Trinajstić information content (AvgIpc) is 2.85. The molecule has 4 aliphatic carbocycles. The lowest BCUT2D eigenvalue weighted by molar-refractivity contribution is -0.178. The summed E-state index contributed by atoms with van der Waals surface area (Å²) < 4.78 is 4.97. The lowest BCUT2D eigenvalue weighted by Crippen LogP contribution is -2.60. The molecule has 4 saturated carbocycles. The van der Waals surface area contributed by atoms with E-state index in [1.165, 1.54) is 19.3 Å². The first-order valence-electron chi connectivity index (χ1n) is 9.40. The Morgan fingerprint density at radius 3 is 2.42 bits per heavy atom. The zero-order valence-corrected chi connectivity index (χ0v) is 15.3. The van der Waals surface area contributed by atoms with Gasteiger partial charge in [0.15, 0.2) is 0 Å². The molecule has 2 amide bonds. The quantitative estimate of drug-likeness (QED) is 0.794. The van der Waals surface area contributed by atoms with Gasteiger partial charge in [-0.05, 0) is 55.3 Å². The average molecular weight is 334 g/mol. The third-order valence-corrected chi connectivity index (χ3v) is 6.98. The van der Waals surface area contributed by atoms with Crippen LogP contribution in [0.15, 0.2) is 0 Å². The van der Waals surface area contributed by atoms with E-state index in [1.807, 2.05) is 11.9 Å². The lowest BCUT2D eigenvalue weighted by Gasteiger charge is -2.65. The van der Waals surface area contributed by atoms with Crippen LogP contribution in [-0.4, -0.2) is 55.1 Å². The topological polar surface area (TPSA) is 49.9 Å². The summed E-state index contributed by atoms with van der Waals surface area (Å²) in [6.07, 6.45) is 6.84. The minimum Gasteiger partial charge on any atom is -0.448 e. The van der Waals surface area contributed by atoms with Gasteiger partial charge in [0.2, 0.25) is 5.91 Å². The van der Waals surface area contributed by atoms with Crippen LogP contribution in [0.1, 0.15) is 52.4 Å². The van der Waals surface area contributed by atoms with Crippen LogP contribution in [0.3, 0.4) is 0 Å². The van der Waals surface area contributed by atoms with Gasteiger partial charge in [-0.3, -0.25) is 4.79 Å². The molecule has 5 nitrogen and oxygen atoms in total. The van der Waals surface area contributed by atoms with Crippen molar-refractivity contribution in [3.63, 3.8) is 0 Å². The van der Waals surface area contributed by atoms with Crippen molar-refractivity contribution in [1.29, 1.82) is 0 Å². The number of cyclic esters (lactones) is 1. The summed E-state index contributed by atoms with van der Waals surface area (Å²) in [4.78, 5) is 28.5. The van der Waals surface area contributed by atoms with Crippen LogP contribution in [0, 0.1) is 22.2 Å². The van der Waals surface area contributed by atoms with E-state index in [2.05, 4.69) is 13.8 Å². The van der Waals surface area contributed by atoms with Crippen molar-refractivity contribution in [3.8, 4) is 0 Å². The molecule has 0 radical (unpaired) electrons. The highest BCUT2D eigenvalue weighted by molar-refractivity contribution is 5.83. The Bertz CT molecular complexity index is 557. The first-order valence-corrected chi connectivity index (χ1v) is 9.40. The Balaban J connectivity index is 1.46. The van der Waals surface area contributed by atoms with Gasteiger partial charge < -0.3 is 14.5 Å². The highest BCUT2D eigenvalue weighted by atomic mass is 16.6. The molecule has 5 rings (SSSR count). The van der Waals surface area contributed by atoms with Crippen molar-refractivity contribution in [3.05, 3.63) is 0 Å². The summed E-state index contributed by atoms with van der Waals surface area (Å²) in [5, 5.41) is 0. The van der Waals surface area contributed by atoms with E-state index in [-0.39, 0.29) is 11.5 Å². The molecule has 0 aromatic carbocycles. The Morgan fingerprint density at radius 1 is 1.21 bits per heavy atom. The second-order valence-corrected chi connectivity index (χ2v) is 9.74. The molecule has 4 atom stereocenters. The van der Waals surface area contributed by atoms with Crippen molar-refractivity contribution < 1.29 is 14.3 Å². The Hall–Kier alpha value is -1.26. The van der Waals surface area contributed by atoms with E-state index in [0.717, 1.165) is 25.2 Å². The molecule has 5 aliphatic rings.